The number of amides is 1. The lowest BCUT2D eigenvalue weighted by Crippen LogP contribution is -2.21. The Morgan fingerprint density at radius 1 is 1.32 bits per heavy atom. The Balaban J connectivity index is 1.97. The average molecular weight is 393 g/mol. The smallest absolute Gasteiger partial charge is 0.387 e. The zero-order chi connectivity index (χ0) is 22.6. The third-order valence-electron chi connectivity index (χ3n) is 3.59. The zero-order valence-electron chi connectivity index (χ0n) is 17.4. The minimum atomic E-state index is -3.13. The third kappa shape index (κ3) is 4.00. The first-order chi connectivity index (χ1) is 14.7. The number of anilines is 2. The summed E-state index contributed by atoms with van der Waals surface area (Å²) in [6.45, 7) is -4.05. The second-order valence-electron chi connectivity index (χ2n) is 5.29. The van der Waals surface area contributed by atoms with Gasteiger partial charge in [-0.2, -0.15) is 18.6 Å². The van der Waals surface area contributed by atoms with Gasteiger partial charge in [-0.3, -0.25) is 4.79 Å². The molecule has 0 bridgehead atoms. The maximum Gasteiger partial charge on any atom is 0.387 e. The van der Waals surface area contributed by atoms with E-state index < -0.39 is 19.5 Å². The van der Waals surface area contributed by atoms with Gasteiger partial charge in [0.2, 0.25) is 0 Å². The van der Waals surface area contributed by atoms with Gasteiger partial charge < -0.3 is 15.4 Å². The van der Waals surface area contributed by atoms with Gasteiger partial charge in [0.1, 0.15) is 0 Å². The minimum absolute atomic E-state index is 0.0280. The summed E-state index contributed by atoms with van der Waals surface area (Å²) in [7, 11) is 0. The van der Waals surface area contributed by atoms with Crippen LogP contribution in [0.4, 0.5) is 20.2 Å². The van der Waals surface area contributed by atoms with Crippen molar-refractivity contribution in [1.82, 2.24) is 35.7 Å². The summed E-state index contributed by atoms with van der Waals surface area (Å²) < 4.78 is 53.4. The quantitative estimate of drug-likeness (QED) is 0.623. The first-order valence-electron chi connectivity index (χ1n) is 9.45. The van der Waals surface area contributed by atoms with Crippen molar-refractivity contribution in [2.24, 2.45) is 0 Å². The van der Waals surface area contributed by atoms with E-state index in [2.05, 4.69) is 35.8 Å². The maximum atomic E-state index is 13.0. The number of rotatable bonds is 7. The molecule has 0 unspecified atom stereocenters. The Labute approximate surface area is 162 Å². The highest BCUT2D eigenvalue weighted by Crippen LogP contribution is 2.32. The van der Waals surface area contributed by atoms with Gasteiger partial charge >= 0.3 is 6.61 Å². The molecule has 0 atom stereocenters. The Bertz CT molecular complexity index is 1080. The fraction of sp³-hybridized carbons (Fsp3) is 0.250. The molecule has 0 fully saturated rings. The van der Waals surface area contributed by atoms with E-state index in [0.717, 1.165) is 0 Å². The Morgan fingerprint density at radius 2 is 2.18 bits per heavy atom. The fourth-order valence-corrected chi connectivity index (χ4v) is 2.37. The van der Waals surface area contributed by atoms with Crippen LogP contribution in [-0.2, 0) is 6.42 Å². The van der Waals surface area contributed by atoms with E-state index in [0.29, 0.717) is 17.9 Å². The largest absolute Gasteiger partial charge is 0.433 e. The normalized spacial score (nSPS) is 12.8. The molecular formula is C16H16F2N8O2. The molecule has 1 amide bonds. The van der Waals surface area contributed by atoms with Crippen LogP contribution < -0.4 is 15.4 Å². The molecule has 3 rings (SSSR count). The monoisotopic (exact) mass is 393 g/mol. The van der Waals surface area contributed by atoms with Gasteiger partial charge in [-0.15, -0.1) is 10.2 Å². The molecule has 2 aromatic heterocycles. The van der Waals surface area contributed by atoms with Crippen molar-refractivity contribution in [2.45, 2.75) is 20.0 Å². The molecule has 0 radical (unpaired) electrons. The summed E-state index contributed by atoms with van der Waals surface area (Å²) >= 11 is 0. The minimum Gasteiger partial charge on any atom is -0.433 e. The van der Waals surface area contributed by atoms with Crippen molar-refractivity contribution in [3.63, 3.8) is 0 Å². The summed E-state index contributed by atoms with van der Waals surface area (Å²) in [6.07, 6.45) is 1.74. The van der Waals surface area contributed by atoms with Crippen molar-refractivity contribution < 1.29 is 22.4 Å². The van der Waals surface area contributed by atoms with E-state index in [1.807, 2.05) is 6.92 Å². The van der Waals surface area contributed by atoms with Gasteiger partial charge in [-0.05, 0) is 28.6 Å². The molecule has 0 spiro atoms. The molecule has 12 heteroatoms. The number of halogens is 2. The zero-order valence-corrected chi connectivity index (χ0v) is 14.4. The van der Waals surface area contributed by atoms with Crippen LogP contribution in [0.15, 0.2) is 30.5 Å². The van der Waals surface area contributed by atoms with E-state index in [1.54, 1.807) is 11.4 Å². The van der Waals surface area contributed by atoms with Crippen LogP contribution in [0.25, 0.3) is 5.69 Å². The maximum absolute atomic E-state index is 13.0. The van der Waals surface area contributed by atoms with Crippen molar-refractivity contribution in [1.29, 1.82) is 0 Å². The number of hydrogen-bond donors (Lipinski definition) is 2. The molecule has 0 aliphatic carbocycles. The summed E-state index contributed by atoms with van der Waals surface area (Å²) in [4.78, 5) is 12.2. The summed E-state index contributed by atoms with van der Waals surface area (Å²) in [5, 5.41) is 23.0. The summed E-state index contributed by atoms with van der Waals surface area (Å²) in [6, 6.07) is 5.59. The molecule has 146 valence electrons. The van der Waals surface area contributed by atoms with E-state index in [1.165, 1.54) is 29.1 Å². The first kappa shape index (κ1) is 15.4. The van der Waals surface area contributed by atoms with Gasteiger partial charge in [0, 0.05) is 23.6 Å². The highest BCUT2D eigenvalue weighted by molar-refractivity contribution is 5.98. The second-order valence-corrected chi connectivity index (χ2v) is 5.29. The number of carbonyl (C=O) groups is 1. The highest BCUT2D eigenvalue weighted by atomic mass is 19.3. The molecule has 2 N–H and O–H groups in total. The number of alkyl halides is 2. The number of nitrogens with zero attached hydrogens (tertiary/aromatic N) is 6. The molecule has 0 aliphatic heterocycles. The van der Waals surface area contributed by atoms with E-state index in [9.17, 15) is 13.6 Å². The molecule has 28 heavy (non-hydrogen) atoms. The van der Waals surface area contributed by atoms with Crippen LogP contribution >= 0.6 is 0 Å². The van der Waals surface area contributed by atoms with E-state index in [4.69, 9.17) is 4.11 Å². The standard InChI is InChI=1S/C16H16F2N8O2/c1-3-13-22-24-25-26(13)9-4-5-10(12(8-9)28-16(17)18)21-11-6-7-20-23-14(11)15(27)19-2/h4-8,16H,3H2,1-2H3,(H,19,27)(H,20,21)/i2D3. The van der Waals surface area contributed by atoms with Crippen molar-refractivity contribution in [3.8, 4) is 11.4 Å². The number of nitrogens with one attached hydrogen (secondary N) is 2. The Kier molecular flexibility index (Phi) is 4.57. The number of ether oxygens (including phenoxy) is 1. The van der Waals surface area contributed by atoms with E-state index >= 15 is 0 Å². The fourth-order valence-electron chi connectivity index (χ4n) is 2.37. The van der Waals surface area contributed by atoms with Gasteiger partial charge in [-0.1, -0.05) is 6.92 Å². The molecule has 1 aromatic carbocycles. The topological polar surface area (TPSA) is 120 Å². The molecule has 3 aromatic rings. The Hall–Kier alpha value is -3.70. The van der Waals surface area contributed by atoms with Crippen LogP contribution in [0.5, 0.6) is 5.75 Å². The molecular weight excluding hydrogens is 374 g/mol. The molecule has 0 aliphatic rings. The molecule has 0 saturated heterocycles. The van der Waals surface area contributed by atoms with Gasteiger partial charge in [0.15, 0.2) is 17.3 Å². The van der Waals surface area contributed by atoms with Crippen LogP contribution in [0.2, 0.25) is 0 Å². The summed E-state index contributed by atoms with van der Waals surface area (Å²) in [5.41, 5.74) is 0.113. The van der Waals surface area contributed by atoms with Gasteiger partial charge in [0.05, 0.1) is 23.3 Å². The highest BCUT2D eigenvalue weighted by Gasteiger charge is 2.17. The number of benzene rings is 1. The Morgan fingerprint density at radius 3 is 2.93 bits per heavy atom. The van der Waals surface area contributed by atoms with Crippen molar-refractivity contribution in [3.05, 3.63) is 42.0 Å². The van der Waals surface area contributed by atoms with Crippen molar-refractivity contribution in [2.75, 3.05) is 12.3 Å². The van der Waals surface area contributed by atoms with Crippen LogP contribution in [-0.4, -0.2) is 49.9 Å². The third-order valence-corrected chi connectivity index (χ3v) is 3.59. The lowest BCUT2D eigenvalue weighted by molar-refractivity contribution is -0.0493. The van der Waals surface area contributed by atoms with E-state index in [-0.39, 0.29) is 22.8 Å². The van der Waals surface area contributed by atoms with Crippen LogP contribution in [0.1, 0.15) is 27.3 Å². The number of aryl methyl sites for hydroxylation is 1. The van der Waals surface area contributed by atoms with Gasteiger partial charge in [-0.25, -0.2) is 0 Å². The molecule has 10 nitrogen and oxygen atoms in total. The SMILES string of the molecule is [2H]C([2H])([2H])NC(=O)c1nnccc1Nc1ccc(-n2nnnc2CC)cc1OC(F)F. The van der Waals surface area contributed by atoms with Crippen molar-refractivity contribution >= 4 is 17.3 Å². The number of hydrogen-bond acceptors (Lipinski definition) is 8. The number of aromatic nitrogens is 6. The number of tetrazole rings is 1. The molecule has 0 saturated carbocycles. The van der Waals surface area contributed by atoms with Crippen LogP contribution in [0, 0.1) is 0 Å². The lowest BCUT2D eigenvalue weighted by Gasteiger charge is -2.15. The predicted octanol–water partition coefficient (Wildman–Crippen LogP) is 1.72. The first-order valence-corrected chi connectivity index (χ1v) is 7.95. The molecule has 2 heterocycles. The van der Waals surface area contributed by atoms with Gasteiger partial charge in [0.25, 0.3) is 5.91 Å². The lowest BCUT2D eigenvalue weighted by atomic mass is 10.2. The summed E-state index contributed by atoms with van der Waals surface area (Å²) in [5.74, 6) is -0.778. The number of carbonyl (C=O) groups excluding carboxylic acids is 1. The van der Waals surface area contributed by atoms with Crippen LogP contribution in [0.3, 0.4) is 0 Å². The average Bonchev–Trinajstić information content (AvgIpc) is 3.17. The predicted molar refractivity (Wildman–Crippen MR) is 93.9 cm³/mol. The second kappa shape index (κ2) is 8.33.